The summed E-state index contributed by atoms with van der Waals surface area (Å²) in [5.41, 5.74) is 1.34. The van der Waals surface area contributed by atoms with Crippen molar-refractivity contribution in [1.29, 1.82) is 0 Å². The molecular weight excluding hydrogens is 357 g/mol. The van der Waals surface area contributed by atoms with Crippen LogP contribution in [0.25, 0.3) is 6.08 Å². The first-order valence-corrected chi connectivity index (χ1v) is 8.55. The van der Waals surface area contributed by atoms with Crippen LogP contribution in [-0.2, 0) is 11.3 Å². The Labute approximate surface area is 154 Å². The summed E-state index contributed by atoms with van der Waals surface area (Å²) in [6, 6.07) is 10.9. The van der Waals surface area contributed by atoms with Crippen molar-refractivity contribution in [2.24, 2.45) is 0 Å². The molecule has 0 unspecified atom stereocenters. The first-order valence-electron chi connectivity index (χ1n) is 7.73. The number of ether oxygens (including phenoxy) is 2. The molecule has 134 valence electrons. The highest BCUT2D eigenvalue weighted by Crippen LogP contribution is 2.35. The molecule has 1 saturated heterocycles. The van der Waals surface area contributed by atoms with E-state index in [1.165, 1.54) is 19.2 Å². The highest BCUT2D eigenvalue weighted by atomic mass is 32.2. The number of nitrogens with zero attached hydrogens (tertiary/aromatic N) is 1. The summed E-state index contributed by atoms with van der Waals surface area (Å²) in [4.78, 5) is 26.2. The van der Waals surface area contributed by atoms with Crippen LogP contribution in [0.2, 0.25) is 0 Å². The van der Waals surface area contributed by atoms with Gasteiger partial charge in [-0.05, 0) is 47.7 Å². The molecule has 0 aliphatic carbocycles. The lowest BCUT2D eigenvalue weighted by Crippen LogP contribution is -2.27. The van der Waals surface area contributed by atoms with E-state index in [9.17, 15) is 14.0 Å². The molecule has 1 aliphatic rings. The fraction of sp³-hybridized carbons (Fsp3) is 0.158. The summed E-state index contributed by atoms with van der Waals surface area (Å²) in [5, 5.41) is -0.363. The van der Waals surface area contributed by atoms with Crippen LogP contribution in [0.5, 0.6) is 11.5 Å². The van der Waals surface area contributed by atoms with E-state index in [1.807, 2.05) is 0 Å². The zero-order chi connectivity index (χ0) is 18.7. The molecule has 0 radical (unpaired) electrons. The molecule has 2 aromatic rings. The van der Waals surface area contributed by atoms with E-state index in [2.05, 4.69) is 0 Å². The SMILES string of the molecule is COc1ccc(C=C2SC(=O)N(Cc3ccc(F)cc3)C2=O)c(OC)c1. The molecule has 0 bridgehead atoms. The summed E-state index contributed by atoms with van der Waals surface area (Å²) < 4.78 is 23.5. The van der Waals surface area contributed by atoms with Crippen LogP contribution >= 0.6 is 11.8 Å². The Morgan fingerprint density at radius 2 is 1.81 bits per heavy atom. The van der Waals surface area contributed by atoms with Gasteiger partial charge in [0.15, 0.2) is 0 Å². The Hall–Kier alpha value is -2.80. The number of thioether (sulfide) groups is 1. The first-order chi connectivity index (χ1) is 12.5. The molecule has 0 atom stereocenters. The fourth-order valence-corrected chi connectivity index (χ4v) is 3.32. The summed E-state index contributed by atoms with van der Waals surface area (Å²) >= 11 is 0.866. The van der Waals surface area contributed by atoms with E-state index in [1.54, 1.807) is 43.5 Å². The molecule has 26 heavy (non-hydrogen) atoms. The number of imide groups is 1. The lowest BCUT2D eigenvalue weighted by Gasteiger charge is -2.12. The average molecular weight is 373 g/mol. The van der Waals surface area contributed by atoms with Gasteiger partial charge in [0.05, 0.1) is 25.7 Å². The lowest BCUT2D eigenvalue weighted by molar-refractivity contribution is -0.123. The fourth-order valence-electron chi connectivity index (χ4n) is 2.49. The van der Waals surface area contributed by atoms with Gasteiger partial charge in [-0.15, -0.1) is 0 Å². The van der Waals surface area contributed by atoms with E-state index < -0.39 is 0 Å². The second-order valence-corrected chi connectivity index (χ2v) is 6.50. The van der Waals surface area contributed by atoms with Crippen LogP contribution < -0.4 is 9.47 Å². The van der Waals surface area contributed by atoms with E-state index >= 15 is 0 Å². The van der Waals surface area contributed by atoms with Crippen LogP contribution in [0.15, 0.2) is 47.4 Å². The summed E-state index contributed by atoms with van der Waals surface area (Å²) in [6.45, 7) is 0.0992. The van der Waals surface area contributed by atoms with Gasteiger partial charge in [0.25, 0.3) is 11.1 Å². The molecule has 1 heterocycles. The maximum absolute atomic E-state index is 13.0. The maximum atomic E-state index is 13.0. The number of halogens is 1. The number of rotatable bonds is 5. The highest BCUT2D eigenvalue weighted by molar-refractivity contribution is 8.18. The molecule has 5 nitrogen and oxygen atoms in total. The van der Waals surface area contributed by atoms with Gasteiger partial charge in [-0.1, -0.05) is 12.1 Å². The minimum Gasteiger partial charge on any atom is -0.497 e. The van der Waals surface area contributed by atoms with Crippen molar-refractivity contribution in [2.45, 2.75) is 6.54 Å². The summed E-state index contributed by atoms with van der Waals surface area (Å²) in [7, 11) is 3.07. The van der Waals surface area contributed by atoms with Crippen molar-refractivity contribution in [3.8, 4) is 11.5 Å². The van der Waals surface area contributed by atoms with Crippen LogP contribution in [-0.4, -0.2) is 30.3 Å². The second kappa shape index (κ2) is 7.61. The molecule has 3 rings (SSSR count). The Bertz CT molecular complexity index is 880. The number of benzene rings is 2. The van der Waals surface area contributed by atoms with Crippen molar-refractivity contribution in [3.05, 3.63) is 64.3 Å². The number of carbonyl (C=O) groups is 2. The number of methoxy groups -OCH3 is 2. The second-order valence-electron chi connectivity index (χ2n) is 5.50. The molecule has 0 spiro atoms. The Kier molecular flexibility index (Phi) is 5.27. The third kappa shape index (κ3) is 3.72. The van der Waals surface area contributed by atoms with Crippen LogP contribution in [0.3, 0.4) is 0 Å². The number of hydrogen-bond donors (Lipinski definition) is 0. The van der Waals surface area contributed by atoms with Crippen molar-refractivity contribution >= 4 is 29.0 Å². The molecular formula is C19H16FNO4S. The zero-order valence-corrected chi connectivity index (χ0v) is 15.0. The normalized spacial score (nSPS) is 15.7. The highest BCUT2D eigenvalue weighted by Gasteiger charge is 2.35. The van der Waals surface area contributed by atoms with Crippen molar-refractivity contribution in [2.75, 3.05) is 14.2 Å². The van der Waals surface area contributed by atoms with Gasteiger partial charge >= 0.3 is 0 Å². The zero-order valence-electron chi connectivity index (χ0n) is 14.2. The topological polar surface area (TPSA) is 55.8 Å². The van der Waals surface area contributed by atoms with Crippen molar-refractivity contribution in [1.82, 2.24) is 4.90 Å². The third-order valence-corrected chi connectivity index (χ3v) is 4.76. The Morgan fingerprint density at radius 3 is 2.46 bits per heavy atom. The maximum Gasteiger partial charge on any atom is 0.293 e. The van der Waals surface area contributed by atoms with Gasteiger partial charge in [-0.2, -0.15) is 0 Å². The molecule has 0 aromatic heterocycles. The van der Waals surface area contributed by atoms with Gasteiger partial charge in [0.2, 0.25) is 0 Å². The number of carbonyl (C=O) groups excluding carboxylic acids is 2. The van der Waals surface area contributed by atoms with Gasteiger partial charge in [-0.25, -0.2) is 4.39 Å². The first kappa shape index (κ1) is 18.0. The van der Waals surface area contributed by atoms with Crippen LogP contribution in [0.4, 0.5) is 9.18 Å². The smallest absolute Gasteiger partial charge is 0.293 e. The van der Waals surface area contributed by atoms with Gasteiger partial charge in [-0.3, -0.25) is 14.5 Å². The van der Waals surface area contributed by atoms with E-state index in [0.29, 0.717) is 27.5 Å². The predicted octanol–water partition coefficient (Wildman–Crippen LogP) is 4.08. The van der Waals surface area contributed by atoms with Gasteiger partial charge in [0, 0.05) is 11.6 Å². The lowest BCUT2D eigenvalue weighted by atomic mass is 10.1. The summed E-state index contributed by atoms with van der Waals surface area (Å²) in [5.74, 6) is 0.412. The number of hydrogen-bond acceptors (Lipinski definition) is 5. The van der Waals surface area contributed by atoms with E-state index in [-0.39, 0.29) is 23.5 Å². The Morgan fingerprint density at radius 1 is 1.08 bits per heavy atom. The standard InChI is InChI=1S/C19H16FNO4S/c1-24-15-8-5-13(16(10-15)25-2)9-17-18(22)21(19(23)26-17)11-12-3-6-14(20)7-4-12/h3-10H,11H2,1-2H3. The quantitative estimate of drug-likeness (QED) is 0.739. The van der Waals surface area contributed by atoms with Crippen LogP contribution in [0.1, 0.15) is 11.1 Å². The predicted molar refractivity (Wildman–Crippen MR) is 97.5 cm³/mol. The molecule has 2 amide bonds. The van der Waals surface area contributed by atoms with Crippen molar-refractivity contribution in [3.63, 3.8) is 0 Å². The van der Waals surface area contributed by atoms with Crippen LogP contribution in [0, 0.1) is 5.82 Å². The monoisotopic (exact) mass is 373 g/mol. The average Bonchev–Trinajstić information content (AvgIpc) is 2.91. The molecule has 1 fully saturated rings. The van der Waals surface area contributed by atoms with E-state index in [0.717, 1.165) is 16.7 Å². The summed E-state index contributed by atoms with van der Waals surface area (Å²) in [6.07, 6.45) is 1.62. The molecule has 0 saturated carbocycles. The largest absolute Gasteiger partial charge is 0.497 e. The van der Waals surface area contributed by atoms with Crippen molar-refractivity contribution < 1.29 is 23.5 Å². The van der Waals surface area contributed by atoms with E-state index in [4.69, 9.17) is 9.47 Å². The third-order valence-electron chi connectivity index (χ3n) is 3.85. The molecule has 2 aromatic carbocycles. The van der Waals surface area contributed by atoms with Gasteiger partial charge in [0.1, 0.15) is 17.3 Å². The minimum absolute atomic E-state index is 0.0992. The molecule has 0 N–H and O–H groups in total. The Balaban J connectivity index is 1.84. The number of amides is 2. The molecule has 1 aliphatic heterocycles. The molecule has 7 heteroatoms. The minimum atomic E-state index is -0.387. The van der Waals surface area contributed by atoms with Gasteiger partial charge < -0.3 is 9.47 Å².